The van der Waals surface area contributed by atoms with Crippen LogP contribution in [0.15, 0.2) is 65.0 Å². The molecule has 0 aliphatic rings. The molecule has 26 heavy (non-hydrogen) atoms. The third-order valence-corrected chi connectivity index (χ3v) is 7.03. The van der Waals surface area contributed by atoms with Gasteiger partial charge in [-0.25, -0.2) is 13.4 Å². The maximum Gasteiger partial charge on any atom is 0.271 e. The summed E-state index contributed by atoms with van der Waals surface area (Å²) in [6, 6.07) is 17.1. The van der Waals surface area contributed by atoms with E-state index in [4.69, 9.17) is 0 Å². The van der Waals surface area contributed by atoms with Gasteiger partial charge in [0.25, 0.3) is 10.0 Å². The van der Waals surface area contributed by atoms with Gasteiger partial charge in [-0.15, -0.1) is 11.3 Å². The highest BCUT2D eigenvalue weighted by Gasteiger charge is 2.17. The lowest BCUT2D eigenvalue weighted by atomic mass is 10.1. The minimum absolute atomic E-state index is 0.102. The number of sulfonamides is 1. The van der Waals surface area contributed by atoms with Crippen molar-refractivity contribution >= 4 is 32.9 Å². The predicted molar refractivity (Wildman–Crippen MR) is 107 cm³/mol. The van der Waals surface area contributed by atoms with Crippen molar-refractivity contribution in [2.45, 2.75) is 30.5 Å². The van der Waals surface area contributed by atoms with E-state index in [1.807, 2.05) is 43.3 Å². The van der Waals surface area contributed by atoms with Crippen molar-refractivity contribution in [3.05, 3.63) is 71.2 Å². The van der Waals surface area contributed by atoms with Crippen LogP contribution >= 0.6 is 11.3 Å². The number of hydrogen-bond acceptors (Lipinski definition) is 5. The molecular formula is C19H21N3O2S2. The molecule has 3 aromatic rings. The standard InChI is InChI=1S/C19H21N3O2S2/c1-3-17-10-12-19(25-17)26(23,24)22-16-9-11-18(20-13-16)21-14(2)15-7-5-4-6-8-15/h4-14,22H,3H2,1-2H3,(H,20,21). The molecule has 136 valence electrons. The molecule has 0 saturated heterocycles. The number of aromatic nitrogens is 1. The normalized spacial score (nSPS) is 12.5. The van der Waals surface area contributed by atoms with E-state index in [-0.39, 0.29) is 6.04 Å². The van der Waals surface area contributed by atoms with Crippen LogP contribution in [0.4, 0.5) is 11.5 Å². The lowest BCUT2D eigenvalue weighted by Gasteiger charge is -2.15. The Bertz CT molecular complexity index is 952. The highest BCUT2D eigenvalue weighted by molar-refractivity contribution is 7.94. The van der Waals surface area contributed by atoms with E-state index in [1.165, 1.54) is 17.5 Å². The Kier molecular flexibility index (Phi) is 5.58. The molecule has 2 heterocycles. The summed E-state index contributed by atoms with van der Waals surface area (Å²) in [4.78, 5) is 5.35. The highest BCUT2D eigenvalue weighted by atomic mass is 32.2. The van der Waals surface area contributed by atoms with Crippen LogP contribution in [0.25, 0.3) is 0 Å². The molecule has 2 N–H and O–H groups in total. The fraction of sp³-hybridized carbons (Fsp3) is 0.211. The Morgan fingerprint density at radius 1 is 1.08 bits per heavy atom. The Hall–Kier alpha value is -2.38. The Balaban J connectivity index is 1.67. The van der Waals surface area contributed by atoms with Gasteiger partial charge in [0, 0.05) is 10.9 Å². The van der Waals surface area contributed by atoms with Crippen LogP contribution in [0.2, 0.25) is 0 Å². The summed E-state index contributed by atoms with van der Waals surface area (Å²) in [5.74, 6) is 0.689. The van der Waals surface area contributed by atoms with Gasteiger partial charge in [-0.05, 0) is 43.2 Å². The van der Waals surface area contributed by atoms with Gasteiger partial charge in [-0.3, -0.25) is 4.72 Å². The highest BCUT2D eigenvalue weighted by Crippen LogP contribution is 2.25. The zero-order valence-corrected chi connectivity index (χ0v) is 16.3. The summed E-state index contributed by atoms with van der Waals surface area (Å²) in [7, 11) is -3.57. The molecule has 0 fully saturated rings. The Morgan fingerprint density at radius 3 is 2.46 bits per heavy atom. The molecule has 2 aromatic heterocycles. The quantitative estimate of drug-likeness (QED) is 0.617. The number of aryl methyl sites for hydroxylation is 1. The fourth-order valence-corrected chi connectivity index (χ4v) is 4.82. The molecule has 1 unspecified atom stereocenters. The molecule has 0 saturated carbocycles. The number of hydrogen-bond donors (Lipinski definition) is 2. The van der Waals surface area contributed by atoms with Crippen molar-refractivity contribution in [3.63, 3.8) is 0 Å². The van der Waals surface area contributed by atoms with Gasteiger partial charge >= 0.3 is 0 Å². The molecule has 1 atom stereocenters. The first-order valence-corrected chi connectivity index (χ1v) is 10.7. The fourth-order valence-electron chi connectivity index (χ4n) is 2.48. The van der Waals surface area contributed by atoms with Crippen molar-refractivity contribution < 1.29 is 8.42 Å². The summed E-state index contributed by atoms with van der Waals surface area (Å²) < 4.78 is 27.8. The molecule has 3 rings (SSSR count). The van der Waals surface area contributed by atoms with E-state index in [0.717, 1.165) is 16.9 Å². The zero-order chi connectivity index (χ0) is 18.6. The van der Waals surface area contributed by atoms with Gasteiger partial charge in [0.2, 0.25) is 0 Å². The SMILES string of the molecule is CCc1ccc(S(=O)(=O)Nc2ccc(NC(C)c3ccccc3)nc2)s1. The monoisotopic (exact) mass is 387 g/mol. The van der Waals surface area contributed by atoms with Crippen LogP contribution in [0.1, 0.15) is 30.3 Å². The van der Waals surface area contributed by atoms with E-state index in [2.05, 4.69) is 21.9 Å². The molecule has 0 amide bonds. The summed E-state index contributed by atoms with van der Waals surface area (Å²) in [6.45, 7) is 4.05. The van der Waals surface area contributed by atoms with Crippen molar-refractivity contribution in [2.75, 3.05) is 10.0 Å². The van der Waals surface area contributed by atoms with Gasteiger partial charge in [-0.2, -0.15) is 0 Å². The van der Waals surface area contributed by atoms with Crippen molar-refractivity contribution in [2.24, 2.45) is 0 Å². The first-order valence-electron chi connectivity index (χ1n) is 8.37. The molecule has 7 heteroatoms. The lowest BCUT2D eigenvalue weighted by Crippen LogP contribution is -2.12. The molecule has 0 spiro atoms. The largest absolute Gasteiger partial charge is 0.364 e. The van der Waals surface area contributed by atoms with Crippen molar-refractivity contribution in [1.82, 2.24) is 4.98 Å². The van der Waals surface area contributed by atoms with Gasteiger partial charge < -0.3 is 5.32 Å². The van der Waals surface area contributed by atoms with Gasteiger partial charge in [0.05, 0.1) is 11.9 Å². The second kappa shape index (κ2) is 7.88. The average Bonchev–Trinajstić information content (AvgIpc) is 3.14. The summed E-state index contributed by atoms with van der Waals surface area (Å²) in [5.41, 5.74) is 1.60. The van der Waals surface area contributed by atoms with Gasteiger partial charge in [0.15, 0.2) is 0 Å². The molecule has 5 nitrogen and oxygen atoms in total. The third kappa shape index (κ3) is 4.42. The molecule has 0 aliphatic heterocycles. The average molecular weight is 388 g/mol. The molecule has 0 aliphatic carbocycles. The number of pyridine rings is 1. The number of nitrogens with zero attached hydrogens (tertiary/aromatic N) is 1. The van der Waals surface area contributed by atoms with Gasteiger partial charge in [0.1, 0.15) is 10.0 Å². The van der Waals surface area contributed by atoms with Crippen LogP contribution < -0.4 is 10.0 Å². The van der Waals surface area contributed by atoms with E-state index < -0.39 is 10.0 Å². The number of thiophene rings is 1. The van der Waals surface area contributed by atoms with Crippen LogP contribution in [-0.2, 0) is 16.4 Å². The van der Waals surface area contributed by atoms with E-state index in [0.29, 0.717) is 15.7 Å². The minimum atomic E-state index is -3.57. The summed E-state index contributed by atoms with van der Waals surface area (Å²) >= 11 is 1.29. The first kappa shape index (κ1) is 18.4. The number of rotatable bonds is 7. The first-order chi connectivity index (χ1) is 12.5. The second-order valence-electron chi connectivity index (χ2n) is 5.89. The molecule has 0 radical (unpaired) electrons. The number of anilines is 2. The van der Waals surface area contributed by atoms with Gasteiger partial charge in [-0.1, -0.05) is 37.3 Å². The smallest absolute Gasteiger partial charge is 0.271 e. The van der Waals surface area contributed by atoms with Crippen LogP contribution in [0.5, 0.6) is 0 Å². The maximum absolute atomic E-state index is 12.4. The number of benzene rings is 1. The van der Waals surface area contributed by atoms with Crippen LogP contribution in [0.3, 0.4) is 0 Å². The zero-order valence-electron chi connectivity index (χ0n) is 14.6. The van der Waals surface area contributed by atoms with Crippen molar-refractivity contribution in [3.8, 4) is 0 Å². The van der Waals surface area contributed by atoms with Crippen molar-refractivity contribution in [1.29, 1.82) is 0 Å². The Labute approximate surface area is 158 Å². The molecule has 1 aromatic carbocycles. The summed E-state index contributed by atoms with van der Waals surface area (Å²) in [5, 5.41) is 3.30. The van der Waals surface area contributed by atoms with Crippen LogP contribution in [0, 0.1) is 0 Å². The maximum atomic E-state index is 12.4. The summed E-state index contributed by atoms with van der Waals surface area (Å²) in [6.07, 6.45) is 2.34. The molecule has 0 bridgehead atoms. The lowest BCUT2D eigenvalue weighted by molar-refractivity contribution is 0.603. The second-order valence-corrected chi connectivity index (χ2v) is 8.97. The minimum Gasteiger partial charge on any atom is -0.364 e. The van der Waals surface area contributed by atoms with Crippen LogP contribution in [-0.4, -0.2) is 13.4 Å². The molecular weight excluding hydrogens is 366 g/mol. The van der Waals surface area contributed by atoms with E-state index in [9.17, 15) is 8.42 Å². The third-order valence-electron chi connectivity index (χ3n) is 3.93. The van der Waals surface area contributed by atoms with E-state index in [1.54, 1.807) is 18.2 Å². The predicted octanol–water partition coefficient (Wildman–Crippen LogP) is 4.68. The topological polar surface area (TPSA) is 71.1 Å². The Morgan fingerprint density at radius 2 is 1.85 bits per heavy atom. The van der Waals surface area contributed by atoms with E-state index >= 15 is 0 Å². The number of nitrogens with one attached hydrogen (secondary N) is 2.